The van der Waals surface area contributed by atoms with Crippen LogP contribution in [0.3, 0.4) is 0 Å². The molecule has 0 amide bonds. The van der Waals surface area contributed by atoms with E-state index in [1.54, 1.807) is 0 Å². The first-order chi connectivity index (χ1) is 6.29. The molecule has 1 fully saturated rings. The lowest BCUT2D eigenvalue weighted by Gasteiger charge is -2.35. The van der Waals surface area contributed by atoms with Gasteiger partial charge in [0.2, 0.25) is 0 Å². The van der Waals surface area contributed by atoms with E-state index in [1.165, 1.54) is 19.3 Å². The lowest BCUT2D eigenvalue weighted by molar-refractivity contribution is -0.0560. The summed E-state index contributed by atoms with van der Waals surface area (Å²) in [5, 5.41) is 3.27. The predicted molar refractivity (Wildman–Crippen MR) is 55.8 cm³/mol. The highest BCUT2D eigenvalue weighted by Crippen LogP contribution is 2.27. The molecule has 0 aromatic heterocycles. The van der Waals surface area contributed by atoms with E-state index < -0.39 is 0 Å². The summed E-state index contributed by atoms with van der Waals surface area (Å²) in [4.78, 5) is 0. The van der Waals surface area contributed by atoms with Crippen molar-refractivity contribution in [2.24, 2.45) is 11.8 Å². The molecule has 13 heavy (non-hydrogen) atoms. The summed E-state index contributed by atoms with van der Waals surface area (Å²) in [6.07, 6.45) is 4.28. The van der Waals surface area contributed by atoms with Crippen LogP contribution < -0.4 is 5.32 Å². The van der Waals surface area contributed by atoms with Crippen LogP contribution in [-0.4, -0.2) is 26.3 Å². The van der Waals surface area contributed by atoms with Gasteiger partial charge in [-0.25, -0.2) is 0 Å². The van der Waals surface area contributed by atoms with Gasteiger partial charge < -0.3 is 10.1 Å². The summed E-state index contributed by atoms with van der Waals surface area (Å²) in [6, 6.07) is 0. The topological polar surface area (TPSA) is 21.3 Å². The van der Waals surface area contributed by atoms with Crippen LogP contribution in [0.25, 0.3) is 0 Å². The summed E-state index contributed by atoms with van der Waals surface area (Å²) < 4.78 is 5.86. The molecule has 3 atom stereocenters. The van der Waals surface area contributed by atoms with Gasteiger partial charge in [0.05, 0.1) is 6.10 Å². The SMILES string of the molecule is CCC(C)C1OCCCC1CNC. The largest absolute Gasteiger partial charge is 0.378 e. The van der Waals surface area contributed by atoms with Crippen LogP contribution in [0.15, 0.2) is 0 Å². The minimum Gasteiger partial charge on any atom is -0.378 e. The quantitative estimate of drug-likeness (QED) is 0.723. The fourth-order valence-corrected chi connectivity index (χ4v) is 2.21. The van der Waals surface area contributed by atoms with Crippen molar-refractivity contribution in [3.63, 3.8) is 0 Å². The van der Waals surface area contributed by atoms with Crippen molar-refractivity contribution in [1.29, 1.82) is 0 Å². The minimum absolute atomic E-state index is 0.492. The molecule has 1 N–H and O–H groups in total. The zero-order valence-corrected chi connectivity index (χ0v) is 9.18. The van der Waals surface area contributed by atoms with Crippen LogP contribution in [0.2, 0.25) is 0 Å². The molecule has 2 heteroatoms. The Morgan fingerprint density at radius 3 is 2.92 bits per heavy atom. The Labute approximate surface area is 82.0 Å². The zero-order valence-electron chi connectivity index (χ0n) is 9.18. The van der Waals surface area contributed by atoms with E-state index in [9.17, 15) is 0 Å². The normalized spacial score (nSPS) is 31.6. The van der Waals surface area contributed by atoms with Gasteiger partial charge in [-0.1, -0.05) is 20.3 Å². The van der Waals surface area contributed by atoms with Crippen molar-refractivity contribution in [3.05, 3.63) is 0 Å². The second-order valence-electron chi connectivity index (χ2n) is 4.18. The third-order valence-electron chi connectivity index (χ3n) is 3.17. The molecule has 1 saturated heterocycles. The fraction of sp³-hybridized carbons (Fsp3) is 1.00. The highest BCUT2D eigenvalue weighted by Gasteiger charge is 2.28. The van der Waals surface area contributed by atoms with Gasteiger partial charge in [-0.15, -0.1) is 0 Å². The van der Waals surface area contributed by atoms with Crippen molar-refractivity contribution in [2.45, 2.75) is 39.2 Å². The standard InChI is InChI=1S/C11H23NO/c1-4-9(2)11-10(8-12-3)6-5-7-13-11/h9-12H,4-8H2,1-3H3. The molecular formula is C11H23NO. The monoisotopic (exact) mass is 185 g/mol. The van der Waals surface area contributed by atoms with E-state index >= 15 is 0 Å². The fourth-order valence-electron chi connectivity index (χ4n) is 2.21. The van der Waals surface area contributed by atoms with Crippen LogP contribution >= 0.6 is 0 Å². The highest BCUT2D eigenvalue weighted by atomic mass is 16.5. The average molecular weight is 185 g/mol. The van der Waals surface area contributed by atoms with Crippen molar-refractivity contribution in [1.82, 2.24) is 5.32 Å². The maximum absolute atomic E-state index is 5.86. The smallest absolute Gasteiger partial charge is 0.0640 e. The Bertz CT molecular complexity index is 136. The molecule has 3 unspecified atom stereocenters. The molecule has 1 aliphatic rings. The summed E-state index contributed by atoms with van der Waals surface area (Å²) in [5.41, 5.74) is 0. The first-order valence-corrected chi connectivity index (χ1v) is 5.55. The van der Waals surface area contributed by atoms with Gasteiger partial charge in [-0.3, -0.25) is 0 Å². The van der Waals surface area contributed by atoms with Crippen molar-refractivity contribution in [3.8, 4) is 0 Å². The molecule has 2 nitrogen and oxygen atoms in total. The molecule has 0 spiro atoms. The maximum Gasteiger partial charge on any atom is 0.0640 e. The lowest BCUT2D eigenvalue weighted by atomic mass is 9.85. The zero-order chi connectivity index (χ0) is 9.68. The Balaban J connectivity index is 2.45. The van der Waals surface area contributed by atoms with Crippen LogP contribution in [0.5, 0.6) is 0 Å². The summed E-state index contributed by atoms with van der Waals surface area (Å²) in [7, 11) is 2.03. The van der Waals surface area contributed by atoms with Crippen LogP contribution in [0, 0.1) is 11.8 Å². The third kappa shape index (κ3) is 2.96. The van der Waals surface area contributed by atoms with Gasteiger partial charge in [0.25, 0.3) is 0 Å². The Morgan fingerprint density at radius 2 is 2.31 bits per heavy atom. The number of hydrogen-bond acceptors (Lipinski definition) is 2. The molecule has 1 aliphatic heterocycles. The molecule has 78 valence electrons. The first-order valence-electron chi connectivity index (χ1n) is 5.55. The second-order valence-corrected chi connectivity index (χ2v) is 4.18. The van der Waals surface area contributed by atoms with Gasteiger partial charge in [0, 0.05) is 13.2 Å². The summed E-state index contributed by atoms with van der Waals surface area (Å²) in [5.74, 6) is 1.44. The van der Waals surface area contributed by atoms with E-state index in [0.29, 0.717) is 12.0 Å². The summed E-state index contributed by atoms with van der Waals surface area (Å²) in [6.45, 7) is 6.63. The molecule has 0 bridgehead atoms. The molecule has 0 aromatic rings. The van der Waals surface area contributed by atoms with Crippen LogP contribution in [0.4, 0.5) is 0 Å². The van der Waals surface area contributed by atoms with Crippen LogP contribution in [-0.2, 0) is 4.74 Å². The number of rotatable bonds is 4. The molecule has 0 radical (unpaired) electrons. The molecule has 1 heterocycles. The van der Waals surface area contributed by atoms with Crippen molar-refractivity contribution in [2.75, 3.05) is 20.2 Å². The number of ether oxygens (including phenoxy) is 1. The molecule has 0 aromatic carbocycles. The Kier molecular flexibility index (Phi) is 4.74. The third-order valence-corrected chi connectivity index (χ3v) is 3.17. The van der Waals surface area contributed by atoms with Crippen molar-refractivity contribution >= 4 is 0 Å². The Morgan fingerprint density at radius 1 is 1.54 bits per heavy atom. The van der Waals surface area contributed by atoms with E-state index in [2.05, 4.69) is 19.2 Å². The lowest BCUT2D eigenvalue weighted by Crippen LogP contribution is -2.39. The van der Waals surface area contributed by atoms with E-state index in [0.717, 1.165) is 19.1 Å². The van der Waals surface area contributed by atoms with Gasteiger partial charge >= 0.3 is 0 Å². The Hall–Kier alpha value is -0.0800. The van der Waals surface area contributed by atoms with Crippen molar-refractivity contribution < 1.29 is 4.74 Å². The maximum atomic E-state index is 5.86. The first kappa shape index (κ1) is 11.0. The predicted octanol–water partition coefficient (Wildman–Crippen LogP) is 2.05. The number of hydrogen-bond donors (Lipinski definition) is 1. The van der Waals surface area contributed by atoms with E-state index in [4.69, 9.17) is 4.74 Å². The number of nitrogens with one attached hydrogen (secondary N) is 1. The molecule has 0 aliphatic carbocycles. The average Bonchev–Trinajstić information content (AvgIpc) is 2.18. The highest BCUT2D eigenvalue weighted by molar-refractivity contribution is 4.79. The van der Waals surface area contributed by atoms with Gasteiger partial charge in [-0.05, 0) is 31.7 Å². The van der Waals surface area contributed by atoms with E-state index in [-0.39, 0.29) is 0 Å². The summed E-state index contributed by atoms with van der Waals surface area (Å²) >= 11 is 0. The van der Waals surface area contributed by atoms with E-state index in [1.807, 2.05) is 7.05 Å². The molecule has 1 rings (SSSR count). The molecule has 0 saturated carbocycles. The van der Waals surface area contributed by atoms with Gasteiger partial charge in [0.1, 0.15) is 0 Å². The molecular weight excluding hydrogens is 162 g/mol. The van der Waals surface area contributed by atoms with Gasteiger partial charge in [0.15, 0.2) is 0 Å². The van der Waals surface area contributed by atoms with Gasteiger partial charge in [-0.2, -0.15) is 0 Å². The minimum atomic E-state index is 0.492. The second kappa shape index (κ2) is 5.61. The van der Waals surface area contributed by atoms with Crippen LogP contribution in [0.1, 0.15) is 33.1 Å².